The van der Waals surface area contributed by atoms with Crippen molar-refractivity contribution in [1.29, 1.82) is 0 Å². The number of nitrogens with one attached hydrogen (secondary N) is 1. The minimum atomic E-state index is 0.504. The van der Waals surface area contributed by atoms with Crippen molar-refractivity contribution in [1.82, 2.24) is 5.32 Å². The van der Waals surface area contributed by atoms with Gasteiger partial charge in [-0.05, 0) is 25.3 Å². The molecule has 0 aromatic rings. The summed E-state index contributed by atoms with van der Waals surface area (Å²) in [7, 11) is 0. The van der Waals surface area contributed by atoms with Gasteiger partial charge in [0.25, 0.3) is 0 Å². The van der Waals surface area contributed by atoms with Crippen LogP contribution in [0.1, 0.15) is 33.6 Å². The van der Waals surface area contributed by atoms with Gasteiger partial charge in [0, 0.05) is 11.7 Å². The maximum Gasteiger partial charge on any atom is 0.0416 e. The zero-order valence-electron chi connectivity index (χ0n) is 8.30. The van der Waals surface area contributed by atoms with E-state index in [1.807, 2.05) is 0 Å². The maximum atomic E-state index is 3.48. The van der Waals surface area contributed by atoms with E-state index in [1.165, 1.54) is 18.5 Å². The van der Waals surface area contributed by atoms with Crippen LogP contribution in [0.15, 0.2) is 23.9 Å². The second-order valence-electron chi connectivity index (χ2n) is 3.63. The van der Waals surface area contributed by atoms with Crippen molar-refractivity contribution in [2.24, 2.45) is 5.92 Å². The lowest BCUT2D eigenvalue weighted by Crippen LogP contribution is -2.28. The monoisotopic (exact) mass is 165 g/mol. The summed E-state index contributed by atoms with van der Waals surface area (Å²) in [5.74, 6) is 0.683. The summed E-state index contributed by atoms with van der Waals surface area (Å²) in [4.78, 5) is 0. The molecule has 0 radical (unpaired) electrons. The first-order valence-corrected chi connectivity index (χ1v) is 4.89. The highest BCUT2D eigenvalue weighted by atomic mass is 14.9. The summed E-state index contributed by atoms with van der Waals surface area (Å²) in [6, 6.07) is 0.504. The molecule has 0 amide bonds. The number of allylic oxidation sites excluding steroid dienone is 3. The van der Waals surface area contributed by atoms with Crippen LogP contribution in [-0.2, 0) is 0 Å². The fraction of sp³-hybridized carbons (Fsp3) is 0.636. The second-order valence-corrected chi connectivity index (χ2v) is 3.63. The highest BCUT2D eigenvalue weighted by Crippen LogP contribution is 2.16. The SMILES string of the molecule is CCCC(C)C1=CC=CC(C)N1. The zero-order valence-corrected chi connectivity index (χ0v) is 8.30. The van der Waals surface area contributed by atoms with E-state index in [4.69, 9.17) is 0 Å². The van der Waals surface area contributed by atoms with E-state index in [2.05, 4.69) is 44.3 Å². The molecule has 0 aliphatic carbocycles. The average molecular weight is 165 g/mol. The van der Waals surface area contributed by atoms with Gasteiger partial charge in [-0.1, -0.05) is 32.4 Å². The van der Waals surface area contributed by atoms with E-state index >= 15 is 0 Å². The topological polar surface area (TPSA) is 12.0 Å². The predicted octanol–water partition coefficient (Wildman–Crippen LogP) is 2.85. The van der Waals surface area contributed by atoms with Gasteiger partial charge in [0.2, 0.25) is 0 Å². The van der Waals surface area contributed by atoms with E-state index < -0.39 is 0 Å². The molecule has 0 bridgehead atoms. The molecule has 0 aromatic heterocycles. The van der Waals surface area contributed by atoms with Gasteiger partial charge in [0.15, 0.2) is 0 Å². The van der Waals surface area contributed by atoms with E-state index in [-0.39, 0.29) is 0 Å². The molecule has 68 valence electrons. The molecule has 1 aliphatic rings. The van der Waals surface area contributed by atoms with Gasteiger partial charge in [0.05, 0.1) is 0 Å². The van der Waals surface area contributed by atoms with Gasteiger partial charge in [0.1, 0.15) is 0 Å². The summed E-state index contributed by atoms with van der Waals surface area (Å²) in [5, 5.41) is 3.48. The summed E-state index contributed by atoms with van der Waals surface area (Å²) in [6.07, 6.45) is 9.07. The highest BCUT2D eigenvalue weighted by Gasteiger charge is 2.10. The Hall–Kier alpha value is -0.720. The van der Waals surface area contributed by atoms with Gasteiger partial charge in [-0.25, -0.2) is 0 Å². The van der Waals surface area contributed by atoms with Gasteiger partial charge in [-0.15, -0.1) is 0 Å². The van der Waals surface area contributed by atoms with Crippen LogP contribution in [0.3, 0.4) is 0 Å². The molecule has 1 aliphatic heterocycles. The Labute approximate surface area is 75.6 Å². The summed E-state index contributed by atoms with van der Waals surface area (Å²) in [6.45, 7) is 6.70. The lowest BCUT2D eigenvalue weighted by Gasteiger charge is -2.22. The third-order valence-corrected chi connectivity index (χ3v) is 2.32. The first kappa shape index (κ1) is 9.37. The number of dihydropyridines is 1. The van der Waals surface area contributed by atoms with Crippen molar-refractivity contribution in [2.75, 3.05) is 0 Å². The van der Waals surface area contributed by atoms with Crippen LogP contribution in [0.4, 0.5) is 0 Å². The molecular formula is C11H19N. The first-order valence-electron chi connectivity index (χ1n) is 4.89. The van der Waals surface area contributed by atoms with E-state index in [0.717, 1.165) is 0 Å². The first-order chi connectivity index (χ1) is 5.74. The van der Waals surface area contributed by atoms with E-state index in [9.17, 15) is 0 Å². The molecule has 0 saturated heterocycles. The smallest absolute Gasteiger partial charge is 0.0416 e. The van der Waals surface area contributed by atoms with Crippen molar-refractivity contribution in [3.05, 3.63) is 23.9 Å². The number of rotatable bonds is 3. The minimum Gasteiger partial charge on any atom is -0.382 e. The largest absolute Gasteiger partial charge is 0.382 e. The Morgan fingerprint density at radius 2 is 2.33 bits per heavy atom. The summed E-state index contributed by atoms with van der Waals surface area (Å²) >= 11 is 0. The Kier molecular flexibility index (Phi) is 3.39. The molecule has 0 aromatic carbocycles. The van der Waals surface area contributed by atoms with E-state index in [1.54, 1.807) is 0 Å². The molecule has 1 rings (SSSR count). The van der Waals surface area contributed by atoms with Crippen molar-refractivity contribution in [2.45, 2.75) is 39.7 Å². The second kappa shape index (κ2) is 4.34. The lowest BCUT2D eigenvalue weighted by molar-refractivity contribution is 0.534. The normalized spacial score (nSPS) is 24.6. The summed E-state index contributed by atoms with van der Waals surface area (Å²) < 4.78 is 0. The standard InChI is InChI=1S/C11H19N/c1-4-6-9(2)11-8-5-7-10(3)12-11/h5,7-10,12H,4,6H2,1-3H3. The van der Waals surface area contributed by atoms with Gasteiger partial charge < -0.3 is 5.32 Å². The molecule has 0 spiro atoms. The Morgan fingerprint density at radius 1 is 1.58 bits per heavy atom. The predicted molar refractivity (Wildman–Crippen MR) is 53.9 cm³/mol. The van der Waals surface area contributed by atoms with Crippen LogP contribution < -0.4 is 5.32 Å². The van der Waals surface area contributed by atoms with Crippen molar-refractivity contribution in [3.8, 4) is 0 Å². The minimum absolute atomic E-state index is 0.504. The third kappa shape index (κ3) is 2.40. The molecule has 2 unspecified atom stereocenters. The van der Waals surface area contributed by atoms with Crippen molar-refractivity contribution in [3.63, 3.8) is 0 Å². The molecule has 1 N–H and O–H groups in total. The molecular weight excluding hydrogens is 146 g/mol. The van der Waals surface area contributed by atoms with Gasteiger partial charge >= 0.3 is 0 Å². The van der Waals surface area contributed by atoms with Crippen LogP contribution in [0.5, 0.6) is 0 Å². The molecule has 0 fully saturated rings. The van der Waals surface area contributed by atoms with Gasteiger partial charge in [-0.3, -0.25) is 0 Å². The highest BCUT2D eigenvalue weighted by molar-refractivity contribution is 5.20. The van der Waals surface area contributed by atoms with Crippen LogP contribution in [0.2, 0.25) is 0 Å². The number of hydrogen-bond donors (Lipinski definition) is 1. The van der Waals surface area contributed by atoms with Crippen molar-refractivity contribution < 1.29 is 0 Å². The molecule has 1 heterocycles. The van der Waals surface area contributed by atoms with Crippen LogP contribution >= 0.6 is 0 Å². The molecule has 0 saturated carbocycles. The van der Waals surface area contributed by atoms with Crippen LogP contribution in [-0.4, -0.2) is 6.04 Å². The van der Waals surface area contributed by atoms with Crippen LogP contribution in [0.25, 0.3) is 0 Å². The molecule has 12 heavy (non-hydrogen) atoms. The average Bonchev–Trinajstić information content (AvgIpc) is 2.05. The number of hydrogen-bond acceptors (Lipinski definition) is 1. The third-order valence-electron chi connectivity index (χ3n) is 2.32. The Balaban J connectivity index is 2.51. The lowest BCUT2D eigenvalue weighted by atomic mass is 9.99. The maximum absolute atomic E-state index is 3.48. The fourth-order valence-corrected chi connectivity index (χ4v) is 1.58. The Morgan fingerprint density at radius 3 is 2.92 bits per heavy atom. The van der Waals surface area contributed by atoms with Crippen molar-refractivity contribution >= 4 is 0 Å². The molecule has 2 atom stereocenters. The van der Waals surface area contributed by atoms with Crippen LogP contribution in [0, 0.1) is 5.92 Å². The molecule has 1 heteroatoms. The quantitative estimate of drug-likeness (QED) is 0.678. The van der Waals surface area contributed by atoms with Gasteiger partial charge in [-0.2, -0.15) is 0 Å². The molecule has 1 nitrogen and oxygen atoms in total. The van der Waals surface area contributed by atoms with E-state index in [0.29, 0.717) is 12.0 Å². The Bertz CT molecular complexity index is 191. The summed E-state index contributed by atoms with van der Waals surface area (Å²) in [5.41, 5.74) is 1.40. The zero-order chi connectivity index (χ0) is 8.97. The fourth-order valence-electron chi connectivity index (χ4n) is 1.58.